The van der Waals surface area contributed by atoms with Crippen molar-refractivity contribution in [3.63, 3.8) is 0 Å². The minimum Gasteiger partial charge on any atom is -0.336 e. The number of nitrogens with zero attached hydrogens (tertiary/aromatic N) is 5. The molecule has 1 atom stereocenters. The topological polar surface area (TPSA) is 58.9 Å². The van der Waals surface area contributed by atoms with Gasteiger partial charge >= 0.3 is 0 Å². The van der Waals surface area contributed by atoms with E-state index in [0.29, 0.717) is 6.04 Å². The molecule has 1 aliphatic rings. The molecule has 6 nitrogen and oxygen atoms in total. The Balaban J connectivity index is 2.16. The van der Waals surface area contributed by atoms with Crippen molar-refractivity contribution in [3.8, 4) is 0 Å². The lowest BCUT2D eigenvalue weighted by atomic mass is 10.2. The molecular weight excluding hydrogens is 180 g/mol. The Labute approximate surface area is 83.3 Å². The minimum absolute atomic E-state index is 0.532. The van der Waals surface area contributed by atoms with Gasteiger partial charge in [0.25, 0.3) is 0 Å². The van der Waals surface area contributed by atoms with E-state index in [-0.39, 0.29) is 0 Å². The fourth-order valence-electron chi connectivity index (χ4n) is 1.94. The lowest BCUT2D eigenvalue weighted by Crippen LogP contribution is -2.38. The second-order valence-corrected chi connectivity index (χ2v) is 3.54. The summed E-state index contributed by atoms with van der Waals surface area (Å²) in [5.74, 6) is 0.862. The molecule has 1 aliphatic heterocycles. The van der Waals surface area contributed by atoms with Crippen molar-refractivity contribution in [2.24, 2.45) is 7.05 Å². The Morgan fingerprint density at radius 2 is 2.50 bits per heavy atom. The zero-order valence-corrected chi connectivity index (χ0v) is 8.64. The number of nitrogens with one attached hydrogen (secondary N) is 1. The van der Waals surface area contributed by atoms with E-state index in [2.05, 4.69) is 32.7 Å². The molecule has 0 aliphatic carbocycles. The average molecular weight is 196 g/mol. The Morgan fingerprint density at radius 1 is 1.64 bits per heavy atom. The summed E-state index contributed by atoms with van der Waals surface area (Å²) >= 11 is 0. The Morgan fingerprint density at radius 3 is 3.00 bits per heavy atom. The number of hydrogen-bond acceptors (Lipinski definition) is 5. The molecule has 0 saturated carbocycles. The van der Waals surface area contributed by atoms with Crippen LogP contribution in [-0.2, 0) is 7.05 Å². The molecule has 0 radical (unpaired) electrons. The van der Waals surface area contributed by atoms with Gasteiger partial charge in [-0.15, -0.1) is 0 Å². The predicted octanol–water partition coefficient (Wildman–Crippen LogP) is -0.602. The fourth-order valence-corrected chi connectivity index (χ4v) is 1.94. The largest absolute Gasteiger partial charge is 0.336 e. The van der Waals surface area contributed by atoms with Gasteiger partial charge in [0.1, 0.15) is 0 Å². The molecule has 0 spiro atoms. The molecule has 6 heteroatoms. The third kappa shape index (κ3) is 1.57. The summed E-state index contributed by atoms with van der Waals surface area (Å²) in [5.41, 5.74) is 0. The summed E-state index contributed by atoms with van der Waals surface area (Å²) in [6, 6.07) is 0.532. The van der Waals surface area contributed by atoms with E-state index in [9.17, 15) is 0 Å². The molecule has 1 N–H and O–H groups in total. The lowest BCUT2D eigenvalue weighted by molar-refractivity contribution is 0.606. The number of likely N-dealkylation sites (N-methyl/N-ethyl adjacent to an activating group) is 1. The second-order valence-electron chi connectivity index (χ2n) is 3.54. The van der Waals surface area contributed by atoms with E-state index in [0.717, 1.165) is 25.6 Å². The van der Waals surface area contributed by atoms with Gasteiger partial charge < -0.3 is 10.2 Å². The molecule has 0 amide bonds. The van der Waals surface area contributed by atoms with Crippen molar-refractivity contribution in [3.05, 3.63) is 0 Å². The van der Waals surface area contributed by atoms with Crippen LogP contribution in [0.15, 0.2) is 0 Å². The first-order valence-corrected chi connectivity index (χ1v) is 5.02. The van der Waals surface area contributed by atoms with E-state index in [4.69, 9.17) is 0 Å². The summed E-state index contributed by atoms with van der Waals surface area (Å²) in [6.07, 6.45) is 1.17. The number of rotatable bonds is 3. The van der Waals surface area contributed by atoms with Crippen LogP contribution >= 0.6 is 0 Å². The number of hydrogen-bond donors (Lipinski definition) is 1. The summed E-state index contributed by atoms with van der Waals surface area (Å²) in [5, 5.41) is 14.9. The van der Waals surface area contributed by atoms with Crippen LogP contribution in [0.1, 0.15) is 13.3 Å². The summed E-state index contributed by atoms with van der Waals surface area (Å²) in [7, 11) is 1.88. The summed E-state index contributed by atoms with van der Waals surface area (Å²) in [4.78, 5) is 2.25. The highest BCUT2D eigenvalue weighted by molar-refractivity contribution is 5.30. The Kier molecular flexibility index (Phi) is 2.62. The molecule has 14 heavy (non-hydrogen) atoms. The van der Waals surface area contributed by atoms with Gasteiger partial charge in [-0.25, -0.2) is 4.68 Å². The number of tetrazole rings is 1. The highest BCUT2D eigenvalue weighted by Crippen LogP contribution is 2.15. The van der Waals surface area contributed by atoms with Gasteiger partial charge in [0.05, 0.1) is 0 Å². The van der Waals surface area contributed by atoms with E-state index in [1.165, 1.54) is 6.42 Å². The van der Waals surface area contributed by atoms with Gasteiger partial charge in [-0.1, -0.05) is 5.10 Å². The highest BCUT2D eigenvalue weighted by atomic mass is 15.6. The molecule has 2 heterocycles. The van der Waals surface area contributed by atoms with Gasteiger partial charge in [0.15, 0.2) is 0 Å². The third-order valence-electron chi connectivity index (χ3n) is 2.67. The second kappa shape index (κ2) is 3.91. The molecule has 1 fully saturated rings. The zero-order chi connectivity index (χ0) is 9.97. The van der Waals surface area contributed by atoms with Crippen LogP contribution in [0.25, 0.3) is 0 Å². The zero-order valence-electron chi connectivity index (χ0n) is 8.64. The van der Waals surface area contributed by atoms with Crippen LogP contribution < -0.4 is 10.2 Å². The first-order chi connectivity index (χ1) is 6.83. The highest BCUT2D eigenvalue weighted by Gasteiger charge is 2.24. The number of aryl methyl sites for hydroxylation is 1. The molecule has 0 bridgehead atoms. The Bertz CT molecular complexity index is 290. The number of anilines is 1. The average Bonchev–Trinajstić information content (AvgIpc) is 2.80. The maximum absolute atomic E-state index is 4.03. The van der Waals surface area contributed by atoms with Crippen LogP contribution in [0.5, 0.6) is 0 Å². The molecular formula is C8H16N6. The van der Waals surface area contributed by atoms with E-state index < -0.39 is 0 Å². The summed E-state index contributed by atoms with van der Waals surface area (Å²) in [6.45, 7) is 5.20. The third-order valence-corrected chi connectivity index (χ3v) is 2.67. The molecule has 1 unspecified atom stereocenters. The minimum atomic E-state index is 0.532. The van der Waals surface area contributed by atoms with Crippen LogP contribution in [0.4, 0.5) is 5.95 Å². The van der Waals surface area contributed by atoms with E-state index in [1.807, 2.05) is 7.05 Å². The molecule has 0 aromatic carbocycles. The summed E-state index contributed by atoms with van der Waals surface area (Å²) < 4.78 is 1.72. The quantitative estimate of drug-likeness (QED) is 0.699. The van der Waals surface area contributed by atoms with Gasteiger partial charge in [-0.3, -0.25) is 0 Å². The van der Waals surface area contributed by atoms with Gasteiger partial charge in [0, 0.05) is 26.2 Å². The lowest BCUT2D eigenvalue weighted by Gasteiger charge is -2.26. The van der Waals surface area contributed by atoms with Crippen molar-refractivity contribution in [1.29, 1.82) is 0 Å². The number of aromatic nitrogens is 4. The molecule has 78 valence electrons. The SMILES string of the molecule is CCN(c1nnnn1C)C1CCNC1. The van der Waals surface area contributed by atoms with Crippen LogP contribution in [-0.4, -0.2) is 45.9 Å². The van der Waals surface area contributed by atoms with Crippen molar-refractivity contribution < 1.29 is 0 Å². The van der Waals surface area contributed by atoms with Crippen molar-refractivity contribution in [2.45, 2.75) is 19.4 Å². The van der Waals surface area contributed by atoms with Gasteiger partial charge in [-0.2, -0.15) is 0 Å². The van der Waals surface area contributed by atoms with Crippen molar-refractivity contribution in [2.75, 3.05) is 24.5 Å². The first kappa shape index (κ1) is 9.39. The normalized spacial score (nSPS) is 21.4. The molecule has 2 rings (SSSR count). The maximum Gasteiger partial charge on any atom is 0.245 e. The monoisotopic (exact) mass is 196 g/mol. The van der Waals surface area contributed by atoms with E-state index in [1.54, 1.807) is 4.68 Å². The maximum atomic E-state index is 4.03. The van der Waals surface area contributed by atoms with Crippen LogP contribution in [0.3, 0.4) is 0 Å². The van der Waals surface area contributed by atoms with Gasteiger partial charge in [-0.05, 0) is 30.3 Å². The smallest absolute Gasteiger partial charge is 0.245 e. The van der Waals surface area contributed by atoms with Gasteiger partial charge in [0.2, 0.25) is 5.95 Å². The van der Waals surface area contributed by atoms with E-state index >= 15 is 0 Å². The molecule has 1 saturated heterocycles. The van der Waals surface area contributed by atoms with Crippen molar-refractivity contribution >= 4 is 5.95 Å². The molecule has 1 aromatic rings. The first-order valence-electron chi connectivity index (χ1n) is 5.02. The predicted molar refractivity (Wildman–Crippen MR) is 53.1 cm³/mol. The van der Waals surface area contributed by atoms with Crippen LogP contribution in [0.2, 0.25) is 0 Å². The van der Waals surface area contributed by atoms with Crippen LogP contribution in [0, 0.1) is 0 Å². The standard InChI is InChI=1S/C8H16N6/c1-3-14(7-4-5-9-6-7)8-10-11-12-13(8)2/h7,9H,3-6H2,1-2H3. The Hall–Kier alpha value is -1.17. The molecule has 1 aromatic heterocycles. The fraction of sp³-hybridized carbons (Fsp3) is 0.875. The van der Waals surface area contributed by atoms with Crippen molar-refractivity contribution in [1.82, 2.24) is 25.5 Å².